The highest BCUT2D eigenvalue weighted by Gasteiger charge is 2.42. The summed E-state index contributed by atoms with van der Waals surface area (Å²) in [5, 5.41) is 0. The standard InChI is InChI=1S/C20H24N4O2/c25-19-15-26-20(16-24(19)14-18-3-1-2-8-22-18)6-11-23(12-7-20)13-17-4-9-21-10-5-17/h1-5,8-10H,6-7,11-16H2. The van der Waals surface area contributed by atoms with E-state index >= 15 is 0 Å². The van der Waals surface area contributed by atoms with Gasteiger partial charge in [-0.05, 0) is 42.7 Å². The van der Waals surface area contributed by atoms with E-state index in [0.29, 0.717) is 13.1 Å². The topological polar surface area (TPSA) is 58.6 Å². The maximum atomic E-state index is 12.3. The average Bonchev–Trinajstić information content (AvgIpc) is 2.69. The first kappa shape index (κ1) is 17.1. The number of nitrogens with zero attached hydrogens (tertiary/aromatic N) is 4. The Morgan fingerprint density at radius 3 is 2.58 bits per heavy atom. The Bertz CT molecular complexity index is 730. The smallest absolute Gasteiger partial charge is 0.249 e. The van der Waals surface area contributed by atoms with Gasteiger partial charge in [-0.25, -0.2) is 0 Å². The van der Waals surface area contributed by atoms with Crippen molar-refractivity contribution in [2.75, 3.05) is 26.2 Å². The normalized spacial score (nSPS) is 20.5. The van der Waals surface area contributed by atoms with Gasteiger partial charge in [0, 0.05) is 38.2 Å². The van der Waals surface area contributed by atoms with Gasteiger partial charge < -0.3 is 9.64 Å². The summed E-state index contributed by atoms with van der Waals surface area (Å²) in [5.74, 6) is 0.0560. The lowest BCUT2D eigenvalue weighted by Crippen LogP contribution is -2.58. The fourth-order valence-corrected chi connectivity index (χ4v) is 3.79. The Morgan fingerprint density at radius 1 is 1.04 bits per heavy atom. The van der Waals surface area contributed by atoms with Gasteiger partial charge in [0.05, 0.1) is 24.4 Å². The van der Waals surface area contributed by atoms with Crippen molar-refractivity contribution < 1.29 is 9.53 Å². The van der Waals surface area contributed by atoms with Crippen LogP contribution in [-0.4, -0.2) is 57.5 Å². The molecule has 0 N–H and O–H groups in total. The van der Waals surface area contributed by atoms with Crippen molar-refractivity contribution in [1.29, 1.82) is 0 Å². The Labute approximate surface area is 153 Å². The molecule has 0 saturated carbocycles. The van der Waals surface area contributed by atoms with E-state index < -0.39 is 0 Å². The maximum Gasteiger partial charge on any atom is 0.249 e. The van der Waals surface area contributed by atoms with Crippen LogP contribution in [0.15, 0.2) is 48.9 Å². The summed E-state index contributed by atoms with van der Waals surface area (Å²) < 4.78 is 6.04. The summed E-state index contributed by atoms with van der Waals surface area (Å²) in [6.07, 6.45) is 7.35. The number of piperidine rings is 1. The van der Waals surface area contributed by atoms with E-state index in [2.05, 4.69) is 27.0 Å². The molecule has 2 aromatic rings. The molecule has 26 heavy (non-hydrogen) atoms. The molecule has 6 nitrogen and oxygen atoms in total. The maximum absolute atomic E-state index is 12.3. The molecule has 2 aliphatic heterocycles. The van der Waals surface area contributed by atoms with Gasteiger partial charge in [-0.1, -0.05) is 6.07 Å². The number of likely N-dealkylation sites (tertiary alicyclic amines) is 1. The highest BCUT2D eigenvalue weighted by Crippen LogP contribution is 2.31. The Balaban J connectivity index is 1.36. The lowest BCUT2D eigenvalue weighted by Gasteiger charge is -2.47. The first-order valence-corrected chi connectivity index (χ1v) is 9.15. The third-order valence-corrected chi connectivity index (χ3v) is 5.34. The van der Waals surface area contributed by atoms with Crippen LogP contribution in [0.2, 0.25) is 0 Å². The monoisotopic (exact) mass is 352 g/mol. The summed E-state index contributed by atoms with van der Waals surface area (Å²) in [4.78, 5) is 25.1. The van der Waals surface area contributed by atoms with E-state index in [1.54, 1.807) is 6.20 Å². The molecule has 4 rings (SSSR count). The van der Waals surface area contributed by atoms with Crippen LogP contribution >= 0.6 is 0 Å². The molecule has 0 radical (unpaired) electrons. The number of hydrogen-bond acceptors (Lipinski definition) is 5. The third-order valence-electron chi connectivity index (χ3n) is 5.34. The fraction of sp³-hybridized carbons (Fsp3) is 0.450. The SMILES string of the molecule is O=C1COC2(CCN(Cc3ccncc3)CC2)CN1Cc1ccccn1. The number of hydrogen-bond donors (Lipinski definition) is 0. The van der Waals surface area contributed by atoms with Gasteiger partial charge in [-0.2, -0.15) is 0 Å². The molecule has 1 amide bonds. The van der Waals surface area contributed by atoms with Gasteiger partial charge in [-0.3, -0.25) is 19.7 Å². The average molecular weight is 352 g/mol. The fourth-order valence-electron chi connectivity index (χ4n) is 3.79. The highest BCUT2D eigenvalue weighted by molar-refractivity contribution is 5.78. The predicted octanol–water partition coefficient (Wildman–Crippen LogP) is 1.87. The molecule has 136 valence electrons. The second-order valence-electron chi connectivity index (χ2n) is 7.17. The predicted molar refractivity (Wildman–Crippen MR) is 97.1 cm³/mol. The van der Waals surface area contributed by atoms with Crippen molar-refractivity contribution in [2.45, 2.75) is 31.5 Å². The van der Waals surface area contributed by atoms with Crippen molar-refractivity contribution in [1.82, 2.24) is 19.8 Å². The number of aromatic nitrogens is 2. The van der Waals surface area contributed by atoms with E-state index in [9.17, 15) is 4.79 Å². The number of amides is 1. The first-order valence-electron chi connectivity index (χ1n) is 9.15. The first-order chi connectivity index (χ1) is 12.7. The highest BCUT2D eigenvalue weighted by atomic mass is 16.5. The number of carbonyl (C=O) groups is 1. The van der Waals surface area contributed by atoms with Crippen LogP contribution in [0.5, 0.6) is 0 Å². The van der Waals surface area contributed by atoms with E-state index in [1.807, 2.05) is 35.5 Å². The molecule has 4 heterocycles. The van der Waals surface area contributed by atoms with Crippen LogP contribution in [0.25, 0.3) is 0 Å². The molecule has 0 bridgehead atoms. The zero-order valence-electron chi connectivity index (χ0n) is 14.9. The minimum atomic E-state index is -0.211. The van der Waals surface area contributed by atoms with Gasteiger partial charge >= 0.3 is 0 Å². The molecule has 0 aromatic carbocycles. The molecular weight excluding hydrogens is 328 g/mol. The van der Waals surface area contributed by atoms with Crippen molar-refractivity contribution in [3.05, 3.63) is 60.2 Å². The Hall–Kier alpha value is -2.31. The van der Waals surface area contributed by atoms with Crippen molar-refractivity contribution in [3.63, 3.8) is 0 Å². The van der Waals surface area contributed by atoms with E-state index in [-0.39, 0.29) is 18.1 Å². The Morgan fingerprint density at radius 2 is 1.85 bits per heavy atom. The van der Waals surface area contributed by atoms with Gasteiger partial charge in [0.15, 0.2) is 0 Å². The molecule has 6 heteroatoms. The molecule has 0 aliphatic carbocycles. The summed E-state index contributed by atoms with van der Waals surface area (Å²) in [6, 6.07) is 9.95. The summed E-state index contributed by atoms with van der Waals surface area (Å²) in [6.45, 7) is 4.30. The van der Waals surface area contributed by atoms with Crippen molar-refractivity contribution in [3.8, 4) is 0 Å². The summed E-state index contributed by atoms with van der Waals surface area (Å²) >= 11 is 0. The number of pyridine rings is 2. The van der Waals surface area contributed by atoms with Gasteiger partial charge in [0.2, 0.25) is 5.91 Å². The minimum Gasteiger partial charge on any atom is -0.363 e. The van der Waals surface area contributed by atoms with E-state index in [0.717, 1.165) is 38.2 Å². The van der Waals surface area contributed by atoms with Gasteiger partial charge in [0.25, 0.3) is 0 Å². The zero-order chi connectivity index (χ0) is 17.8. The third kappa shape index (κ3) is 3.92. The van der Waals surface area contributed by atoms with Crippen LogP contribution in [0.3, 0.4) is 0 Å². The molecule has 0 unspecified atom stereocenters. The number of rotatable bonds is 4. The number of carbonyl (C=O) groups excluding carboxylic acids is 1. The minimum absolute atomic E-state index is 0.0560. The molecule has 1 spiro atoms. The molecule has 0 atom stereocenters. The van der Waals surface area contributed by atoms with Crippen LogP contribution in [-0.2, 0) is 22.6 Å². The van der Waals surface area contributed by atoms with Crippen LogP contribution < -0.4 is 0 Å². The Kier molecular flexibility index (Phi) is 4.95. The molecular formula is C20H24N4O2. The second kappa shape index (κ2) is 7.51. The van der Waals surface area contributed by atoms with E-state index in [1.165, 1.54) is 5.56 Å². The lowest BCUT2D eigenvalue weighted by atomic mass is 9.89. The summed E-state index contributed by atoms with van der Waals surface area (Å²) in [5.41, 5.74) is 2.00. The van der Waals surface area contributed by atoms with E-state index in [4.69, 9.17) is 4.74 Å². The molecule has 2 aliphatic rings. The number of morpholine rings is 1. The van der Waals surface area contributed by atoms with Crippen LogP contribution in [0.1, 0.15) is 24.1 Å². The largest absolute Gasteiger partial charge is 0.363 e. The second-order valence-corrected chi connectivity index (χ2v) is 7.17. The lowest BCUT2D eigenvalue weighted by molar-refractivity contribution is -0.172. The van der Waals surface area contributed by atoms with Gasteiger partial charge in [0.1, 0.15) is 6.61 Å². The van der Waals surface area contributed by atoms with Gasteiger partial charge in [-0.15, -0.1) is 0 Å². The summed E-state index contributed by atoms with van der Waals surface area (Å²) in [7, 11) is 0. The van der Waals surface area contributed by atoms with Crippen LogP contribution in [0, 0.1) is 0 Å². The zero-order valence-corrected chi connectivity index (χ0v) is 14.9. The molecule has 2 fully saturated rings. The quantitative estimate of drug-likeness (QED) is 0.841. The van der Waals surface area contributed by atoms with Crippen LogP contribution in [0.4, 0.5) is 0 Å². The molecule has 2 saturated heterocycles. The molecule has 2 aromatic heterocycles. The number of ether oxygens (including phenoxy) is 1. The van der Waals surface area contributed by atoms with Crippen molar-refractivity contribution >= 4 is 5.91 Å². The van der Waals surface area contributed by atoms with Crippen molar-refractivity contribution in [2.24, 2.45) is 0 Å².